The number of ether oxygens (including phenoxy) is 1. The summed E-state index contributed by atoms with van der Waals surface area (Å²) in [5.74, 6) is 1.79. The molecule has 3 rings (SSSR count). The molecule has 1 atom stereocenters. The van der Waals surface area contributed by atoms with Gasteiger partial charge in [0.05, 0.1) is 12.9 Å². The molecule has 1 aliphatic rings. The van der Waals surface area contributed by atoms with Crippen molar-refractivity contribution in [3.63, 3.8) is 0 Å². The van der Waals surface area contributed by atoms with Crippen molar-refractivity contribution in [1.29, 1.82) is 0 Å². The lowest BCUT2D eigenvalue weighted by Gasteiger charge is -2.29. The molecule has 0 bridgehead atoms. The second kappa shape index (κ2) is 12.0. The summed E-state index contributed by atoms with van der Waals surface area (Å²) in [5.41, 5.74) is 3.40. The van der Waals surface area contributed by atoms with Gasteiger partial charge in [-0.25, -0.2) is 0 Å². The van der Waals surface area contributed by atoms with Crippen LogP contribution in [0.5, 0.6) is 5.75 Å². The molecule has 172 valence electrons. The summed E-state index contributed by atoms with van der Waals surface area (Å²) >= 11 is 1.59. The zero-order valence-corrected chi connectivity index (χ0v) is 20.1. The maximum Gasteiger partial charge on any atom is 0.242 e. The first-order valence-corrected chi connectivity index (χ1v) is 12.5. The molecule has 2 aromatic carbocycles. The van der Waals surface area contributed by atoms with Crippen LogP contribution in [0.25, 0.3) is 0 Å². The van der Waals surface area contributed by atoms with Crippen molar-refractivity contribution in [2.75, 3.05) is 12.9 Å². The molecule has 0 unspecified atom stereocenters. The zero-order valence-electron chi connectivity index (χ0n) is 19.3. The number of aryl methyl sites for hydroxylation is 1. The van der Waals surface area contributed by atoms with Gasteiger partial charge < -0.3 is 15.0 Å². The number of nitrogens with one attached hydrogen (secondary N) is 1. The molecule has 0 radical (unpaired) electrons. The van der Waals surface area contributed by atoms with Gasteiger partial charge in [-0.3, -0.25) is 9.59 Å². The molecular formula is C26H34N2O3S. The molecule has 6 heteroatoms. The lowest BCUT2D eigenvalue weighted by molar-refractivity contribution is -0.138. The van der Waals surface area contributed by atoms with Crippen LogP contribution in [0.15, 0.2) is 48.5 Å². The van der Waals surface area contributed by atoms with Gasteiger partial charge in [0.15, 0.2) is 0 Å². The molecule has 0 spiro atoms. The summed E-state index contributed by atoms with van der Waals surface area (Å²) in [6, 6.07) is 15.7. The monoisotopic (exact) mass is 454 g/mol. The molecule has 1 saturated carbocycles. The van der Waals surface area contributed by atoms with E-state index in [4.69, 9.17) is 4.74 Å². The largest absolute Gasteiger partial charge is 0.497 e. The number of hydrogen-bond acceptors (Lipinski definition) is 4. The number of nitrogens with zero attached hydrogens (tertiary/aromatic N) is 1. The number of rotatable bonds is 10. The lowest BCUT2D eigenvalue weighted by Crippen LogP contribution is -2.50. The van der Waals surface area contributed by atoms with Gasteiger partial charge in [0.2, 0.25) is 11.8 Å². The Morgan fingerprint density at radius 2 is 1.84 bits per heavy atom. The van der Waals surface area contributed by atoms with Gasteiger partial charge >= 0.3 is 0 Å². The fraction of sp³-hybridized carbons (Fsp3) is 0.462. The summed E-state index contributed by atoms with van der Waals surface area (Å²) in [6.45, 7) is 4.30. The van der Waals surface area contributed by atoms with Crippen LogP contribution < -0.4 is 10.1 Å². The first kappa shape index (κ1) is 24.2. The van der Waals surface area contributed by atoms with E-state index in [9.17, 15) is 9.59 Å². The molecule has 0 saturated heterocycles. The Kier molecular flexibility index (Phi) is 9.03. The molecule has 32 heavy (non-hydrogen) atoms. The van der Waals surface area contributed by atoms with Gasteiger partial charge in [0.25, 0.3) is 0 Å². The van der Waals surface area contributed by atoms with E-state index < -0.39 is 6.04 Å². The molecule has 1 N–H and O–H groups in total. The number of methoxy groups -OCH3 is 1. The fourth-order valence-electron chi connectivity index (χ4n) is 4.04. The van der Waals surface area contributed by atoms with E-state index >= 15 is 0 Å². The second-order valence-electron chi connectivity index (χ2n) is 8.52. The normalized spacial score (nSPS) is 14.7. The van der Waals surface area contributed by atoms with Crippen LogP contribution in [0.2, 0.25) is 0 Å². The zero-order chi connectivity index (χ0) is 22.9. The van der Waals surface area contributed by atoms with Crippen LogP contribution in [0, 0.1) is 6.92 Å². The summed E-state index contributed by atoms with van der Waals surface area (Å²) in [6.07, 6.45) is 4.36. The van der Waals surface area contributed by atoms with Crippen molar-refractivity contribution in [1.82, 2.24) is 10.2 Å². The number of benzene rings is 2. The molecule has 0 aromatic heterocycles. The number of carbonyl (C=O) groups is 2. The van der Waals surface area contributed by atoms with Gasteiger partial charge in [-0.15, -0.1) is 11.8 Å². The Morgan fingerprint density at radius 1 is 1.12 bits per heavy atom. The van der Waals surface area contributed by atoms with Crippen molar-refractivity contribution < 1.29 is 14.3 Å². The highest BCUT2D eigenvalue weighted by molar-refractivity contribution is 7.99. The topological polar surface area (TPSA) is 58.6 Å². The van der Waals surface area contributed by atoms with E-state index in [1.165, 1.54) is 11.1 Å². The Labute approximate surface area is 195 Å². The Bertz CT molecular complexity index is 894. The molecule has 1 fully saturated rings. The summed E-state index contributed by atoms with van der Waals surface area (Å²) in [7, 11) is 1.63. The smallest absolute Gasteiger partial charge is 0.242 e. The second-order valence-corrected chi connectivity index (χ2v) is 9.50. The Morgan fingerprint density at radius 3 is 2.50 bits per heavy atom. The standard InChI is InChI=1S/C26H34N2O3S/c1-19-7-6-8-22(15-19)17-32-18-25(29)28(16-21-11-13-24(31-3)14-12-21)20(2)26(30)27-23-9-4-5-10-23/h6-8,11-15,20,23H,4-5,9-10,16-18H2,1-3H3,(H,27,30)/t20-/m1/s1. The van der Waals surface area contributed by atoms with E-state index in [-0.39, 0.29) is 17.9 Å². The van der Waals surface area contributed by atoms with Crippen molar-refractivity contribution in [2.24, 2.45) is 0 Å². The third-order valence-corrected chi connectivity index (χ3v) is 6.95. The minimum atomic E-state index is -0.523. The molecular weight excluding hydrogens is 420 g/mol. The molecule has 0 heterocycles. The molecule has 0 aliphatic heterocycles. The quantitative estimate of drug-likeness (QED) is 0.565. The van der Waals surface area contributed by atoms with Crippen LogP contribution in [0.3, 0.4) is 0 Å². The number of thioether (sulfide) groups is 1. The highest BCUT2D eigenvalue weighted by atomic mass is 32.2. The van der Waals surface area contributed by atoms with Gasteiger partial charge in [0, 0.05) is 18.3 Å². The summed E-state index contributed by atoms with van der Waals surface area (Å²) < 4.78 is 5.24. The minimum Gasteiger partial charge on any atom is -0.497 e. The number of carbonyl (C=O) groups excluding carboxylic acids is 2. The Balaban J connectivity index is 1.65. The SMILES string of the molecule is COc1ccc(CN(C(=O)CSCc2cccc(C)c2)[C@H](C)C(=O)NC2CCCC2)cc1. The highest BCUT2D eigenvalue weighted by Gasteiger charge is 2.28. The van der Waals surface area contributed by atoms with Crippen molar-refractivity contribution in [2.45, 2.75) is 63.9 Å². The molecule has 2 aromatic rings. The third kappa shape index (κ3) is 7.02. The molecule has 1 aliphatic carbocycles. The highest BCUT2D eigenvalue weighted by Crippen LogP contribution is 2.20. The average molecular weight is 455 g/mol. The van der Waals surface area contributed by atoms with E-state index in [0.717, 1.165) is 42.7 Å². The fourth-order valence-corrected chi connectivity index (χ4v) is 4.90. The first-order chi connectivity index (χ1) is 15.5. The predicted molar refractivity (Wildman–Crippen MR) is 131 cm³/mol. The summed E-state index contributed by atoms with van der Waals surface area (Å²) in [4.78, 5) is 27.9. The van der Waals surface area contributed by atoms with Gasteiger partial charge in [-0.05, 0) is 49.9 Å². The summed E-state index contributed by atoms with van der Waals surface area (Å²) in [5, 5.41) is 3.15. The molecule has 2 amide bonds. The van der Waals surface area contributed by atoms with E-state index in [2.05, 4.69) is 30.4 Å². The maximum absolute atomic E-state index is 13.2. The van der Waals surface area contributed by atoms with Crippen LogP contribution in [0.1, 0.15) is 49.3 Å². The van der Waals surface area contributed by atoms with Gasteiger partial charge in [-0.1, -0.05) is 54.8 Å². The first-order valence-electron chi connectivity index (χ1n) is 11.3. The van der Waals surface area contributed by atoms with Gasteiger partial charge in [0.1, 0.15) is 11.8 Å². The van der Waals surface area contributed by atoms with Gasteiger partial charge in [-0.2, -0.15) is 0 Å². The van der Waals surface area contributed by atoms with E-state index in [1.807, 2.05) is 37.3 Å². The average Bonchev–Trinajstić information content (AvgIpc) is 3.30. The van der Waals surface area contributed by atoms with Crippen LogP contribution in [0.4, 0.5) is 0 Å². The molecule has 5 nitrogen and oxygen atoms in total. The van der Waals surface area contributed by atoms with E-state index in [0.29, 0.717) is 12.3 Å². The van der Waals surface area contributed by atoms with Crippen molar-refractivity contribution in [3.05, 3.63) is 65.2 Å². The minimum absolute atomic E-state index is 0.0208. The van der Waals surface area contributed by atoms with Crippen LogP contribution in [-0.2, 0) is 21.9 Å². The van der Waals surface area contributed by atoms with Crippen molar-refractivity contribution in [3.8, 4) is 5.75 Å². The van der Waals surface area contributed by atoms with E-state index in [1.54, 1.807) is 23.8 Å². The predicted octanol–water partition coefficient (Wildman–Crippen LogP) is 4.71. The number of hydrogen-bond donors (Lipinski definition) is 1. The third-order valence-electron chi connectivity index (χ3n) is 5.96. The van der Waals surface area contributed by atoms with Crippen LogP contribution in [-0.4, -0.2) is 41.7 Å². The van der Waals surface area contributed by atoms with Crippen LogP contribution >= 0.6 is 11.8 Å². The maximum atomic E-state index is 13.2. The lowest BCUT2D eigenvalue weighted by atomic mass is 10.1. The number of amides is 2. The van der Waals surface area contributed by atoms with Crippen molar-refractivity contribution >= 4 is 23.6 Å². The Hall–Kier alpha value is -2.47.